The summed E-state index contributed by atoms with van der Waals surface area (Å²) in [5.41, 5.74) is -0.921. The maximum atomic E-state index is 13.8. The number of likely N-dealkylation sites (tertiary alicyclic amines) is 1. The number of rotatable bonds is 11. The number of hydrogen-bond acceptors (Lipinski definition) is 7. The lowest BCUT2D eigenvalue weighted by Gasteiger charge is -2.34. The fraction of sp³-hybridized carbons (Fsp3) is 0.690. The van der Waals surface area contributed by atoms with Crippen LogP contribution in [0.2, 0.25) is 0 Å². The molecule has 0 spiro atoms. The smallest absolute Gasteiger partial charge is 0.408 e. The predicted octanol–water partition coefficient (Wildman–Crippen LogP) is 1.93. The lowest BCUT2D eigenvalue weighted by Crippen LogP contribution is -2.58. The second-order valence-corrected chi connectivity index (χ2v) is 12.5. The molecule has 222 valence electrons. The van der Waals surface area contributed by atoms with Crippen LogP contribution in [0.3, 0.4) is 0 Å². The zero-order valence-electron chi connectivity index (χ0n) is 24.5. The van der Waals surface area contributed by atoms with Crippen molar-refractivity contribution in [3.63, 3.8) is 0 Å². The van der Waals surface area contributed by atoms with Gasteiger partial charge in [0.05, 0.1) is 7.11 Å². The van der Waals surface area contributed by atoms with Crippen molar-refractivity contribution in [2.45, 2.75) is 77.6 Å². The zero-order valence-corrected chi connectivity index (χ0v) is 24.5. The highest BCUT2D eigenvalue weighted by atomic mass is 16.6. The number of piperidine rings is 1. The first-order chi connectivity index (χ1) is 18.7. The van der Waals surface area contributed by atoms with Crippen LogP contribution in [0.25, 0.3) is 0 Å². The first kappa shape index (κ1) is 31.2. The summed E-state index contributed by atoms with van der Waals surface area (Å²) in [5, 5.41) is 8.22. The molecule has 3 N–H and O–H groups in total. The summed E-state index contributed by atoms with van der Waals surface area (Å²) < 4.78 is 10.3. The van der Waals surface area contributed by atoms with Gasteiger partial charge in [0.15, 0.2) is 0 Å². The molecule has 2 heterocycles. The van der Waals surface area contributed by atoms with Crippen LogP contribution in [0.1, 0.15) is 53.9 Å². The molecule has 0 aromatic heterocycles. The molecule has 0 aromatic carbocycles. The fourth-order valence-electron chi connectivity index (χ4n) is 6.09. The number of fused-ring (bicyclic) bond motifs is 1. The Hall–Kier alpha value is -3.37. The van der Waals surface area contributed by atoms with Gasteiger partial charge in [0.1, 0.15) is 23.7 Å². The minimum atomic E-state index is -1.08. The first-order valence-corrected chi connectivity index (χ1v) is 13.9. The summed E-state index contributed by atoms with van der Waals surface area (Å²) in [5.74, 6) is -2.53. The van der Waals surface area contributed by atoms with Crippen molar-refractivity contribution < 1.29 is 33.4 Å². The Labute approximate surface area is 236 Å². The molecule has 1 aliphatic carbocycles. The van der Waals surface area contributed by atoms with E-state index in [1.807, 2.05) is 13.8 Å². The number of allylic oxidation sites excluding steroid dienone is 1. The van der Waals surface area contributed by atoms with Gasteiger partial charge in [0.2, 0.25) is 17.7 Å². The number of nitrogens with one attached hydrogen (secondary N) is 3. The number of nitrogens with zero attached hydrogens (tertiary/aromatic N) is 1. The van der Waals surface area contributed by atoms with Gasteiger partial charge < -0.3 is 30.3 Å². The Bertz CT molecular complexity index is 1050. The molecule has 3 aliphatic rings. The third kappa shape index (κ3) is 6.67. The third-order valence-corrected chi connectivity index (χ3v) is 8.37. The molecule has 0 aromatic rings. The van der Waals surface area contributed by atoms with Crippen molar-refractivity contribution in [1.29, 1.82) is 0 Å². The van der Waals surface area contributed by atoms with Crippen LogP contribution in [0.5, 0.6) is 0 Å². The molecular formula is C29H44N4O7. The first-order valence-electron chi connectivity index (χ1n) is 13.9. The average molecular weight is 561 g/mol. The Morgan fingerprint density at radius 3 is 2.42 bits per heavy atom. The maximum absolute atomic E-state index is 13.8. The van der Waals surface area contributed by atoms with E-state index in [9.17, 15) is 24.0 Å². The van der Waals surface area contributed by atoms with Crippen LogP contribution in [0.15, 0.2) is 25.3 Å². The quantitative estimate of drug-likeness (QED) is 0.259. The Kier molecular flexibility index (Phi) is 9.36. The molecule has 2 saturated heterocycles. The van der Waals surface area contributed by atoms with E-state index in [0.29, 0.717) is 19.5 Å². The number of esters is 1. The van der Waals surface area contributed by atoms with Crippen molar-refractivity contribution in [2.24, 2.45) is 29.1 Å². The fourth-order valence-corrected chi connectivity index (χ4v) is 6.09. The predicted molar refractivity (Wildman–Crippen MR) is 148 cm³/mol. The molecular weight excluding hydrogens is 516 g/mol. The van der Waals surface area contributed by atoms with Gasteiger partial charge in [0.25, 0.3) is 0 Å². The minimum absolute atomic E-state index is 0.0429. The lowest BCUT2D eigenvalue weighted by molar-refractivity contribution is -0.148. The summed E-state index contributed by atoms with van der Waals surface area (Å²) in [4.78, 5) is 66.8. The van der Waals surface area contributed by atoms with Crippen LogP contribution in [0, 0.1) is 29.1 Å². The Morgan fingerprint density at radius 2 is 1.85 bits per heavy atom. The highest BCUT2D eigenvalue weighted by molar-refractivity contribution is 5.95. The third-order valence-electron chi connectivity index (χ3n) is 8.37. The number of carbonyl (C=O) groups is 5. The lowest BCUT2D eigenvalue weighted by atomic mass is 9.89. The molecule has 1 saturated carbocycles. The van der Waals surface area contributed by atoms with Gasteiger partial charge in [-0.3, -0.25) is 14.4 Å². The largest absolute Gasteiger partial charge is 0.467 e. The summed E-state index contributed by atoms with van der Waals surface area (Å²) in [6.07, 6.45) is 3.39. The van der Waals surface area contributed by atoms with Crippen molar-refractivity contribution in [1.82, 2.24) is 20.9 Å². The molecule has 4 amide bonds. The topological polar surface area (TPSA) is 143 Å². The molecule has 2 aliphatic heterocycles. The van der Waals surface area contributed by atoms with E-state index < -0.39 is 53.5 Å². The number of methoxy groups -OCH3 is 1. The zero-order chi connectivity index (χ0) is 30.0. The van der Waals surface area contributed by atoms with E-state index in [4.69, 9.17) is 9.47 Å². The number of carbonyl (C=O) groups excluding carboxylic acids is 5. The molecule has 11 heteroatoms. The van der Waals surface area contributed by atoms with E-state index in [1.54, 1.807) is 32.9 Å². The van der Waals surface area contributed by atoms with Gasteiger partial charge in [-0.2, -0.15) is 0 Å². The number of alkyl carbamates (subject to hydrolysis) is 1. The summed E-state index contributed by atoms with van der Waals surface area (Å²) in [6.45, 7) is 17.5. The van der Waals surface area contributed by atoms with Gasteiger partial charge >= 0.3 is 12.1 Å². The SMILES string of the molecule is C=CCC[C@H](NC(=O)OC(C)(C)C)C(=O)N1C[C@H]2[C@@H]([C@H]1C(=O)N[C@@H](C[C@@H]1C(=O)NC[C@@H]1C=C)C(=O)OC)C2(C)C. The minimum Gasteiger partial charge on any atom is -0.467 e. The van der Waals surface area contributed by atoms with Gasteiger partial charge in [-0.05, 0) is 57.3 Å². The molecule has 40 heavy (non-hydrogen) atoms. The standard InChI is InChI=1S/C29H44N4O7/c1-9-11-12-19(32-27(38)40-28(3,4)5)25(36)33-15-18-21(29(18,6)7)22(33)24(35)31-20(26(37)39-8)13-17-16(10-2)14-30-23(17)34/h9-10,16-22H,1-2,11-15H2,3-8H3,(H,30,34)(H,31,35)(H,32,38)/t16-,17-,18-,19-,20-,21-,22-/m0/s1. The molecule has 0 unspecified atom stereocenters. The molecule has 7 atom stereocenters. The van der Waals surface area contributed by atoms with E-state index in [2.05, 4.69) is 29.1 Å². The highest BCUT2D eigenvalue weighted by Gasteiger charge is 2.69. The summed E-state index contributed by atoms with van der Waals surface area (Å²) in [6, 6.07) is -2.85. The van der Waals surface area contributed by atoms with E-state index in [1.165, 1.54) is 12.0 Å². The monoisotopic (exact) mass is 560 g/mol. The van der Waals surface area contributed by atoms with Gasteiger partial charge in [-0.25, -0.2) is 9.59 Å². The molecule has 3 fully saturated rings. The van der Waals surface area contributed by atoms with Crippen molar-refractivity contribution in [2.75, 3.05) is 20.2 Å². The van der Waals surface area contributed by atoms with E-state index >= 15 is 0 Å². The molecule has 11 nitrogen and oxygen atoms in total. The second-order valence-electron chi connectivity index (χ2n) is 12.5. The summed E-state index contributed by atoms with van der Waals surface area (Å²) >= 11 is 0. The normalized spacial score (nSPS) is 27.9. The molecule has 3 rings (SSSR count). The Balaban J connectivity index is 1.82. The Morgan fingerprint density at radius 1 is 1.18 bits per heavy atom. The van der Waals surface area contributed by atoms with Crippen LogP contribution >= 0.6 is 0 Å². The van der Waals surface area contributed by atoms with Crippen molar-refractivity contribution in [3.8, 4) is 0 Å². The van der Waals surface area contributed by atoms with Crippen LogP contribution < -0.4 is 16.0 Å². The molecule has 0 radical (unpaired) electrons. The van der Waals surface area contributed by atoms with Crippen LogP contribution in [0.4, 0.5) is 4.79 Å². The maximum Gasteiger partial charge on any atom is 0.408 e. The van der Waals surface area contributed by atoms with Gasteiger partial charge in [-0.15, -0.1) is 13.2 Å². The van der Waals surface area contributed by atoms with Gasteiger partial charge in [0, 0.05) is 24.9 Å². The number of amides is 4. The van der Waals surface area contributed by atoms with Crippen molar-refractivity contribution in [3.05, 3.63) is 25.3 Å². The van der Waals surface area contributed by atoms with E-state index in [-0.39, 0.29) is 41.9 Å². The van der Waals surface area contributed by atoms with Gasteiger partial charge in [-0.1, -0.05) is 26.0 Å². The van der Waals surface area contributed by atoms with Crippen molar-refractivity contribution >= 4 is 29.8 Å². The number of hydrogen-bond donors (Lipinski definition) is 3. The number of ether oxygens (including phenoxy) is 2. The highest BCUT2D eigenvalue weighted by Crippen LogP contribution is 2.65. The average Bonchev–Trinajstić information content (AvgIpc) is 3.20. The van der Waals surface area contributed by atoms with Crippen LogP contribution in [-0.2, 0) is 28.7 Å². The van der Waals surface area contributed by atoms with E-state index in [0.717, 1.165) is 0 Å². The molecule has 0 bridgehead atoms. The van der Waals surface area contributed by atoms with Crippen LogP contribution in [-0.4, -0.2) is 78.6 Å². The summed E-state index contributed by atoms with van der Waals surface area (Å²) in [7, 11) is 1.22. The second kappa shape index (κ2) is 12.0.